The summed E-state index contributed by atoms with van der Waals surface area (Å²) >= 11 is 0. The van der Waals surface area contributed by atoms with Crippen molar-refractivity contribution in [3.05, 3.63) is 0 Å². The predicted octanol–water partition coefficient (Wildman–Crippen LogP) is 1.65. The summed E-state index contributed by atoms with van der Waals surface area (Å²) in [4.78, 5) is 27.7. The van der Waals surface area contributed by atoms with Crippen LogP contribution in [-0.2, 0) is 9.53 Å². The molecule has 0 aliphatic carbocycles. The summed E-state index contributed by atoms with van der Waals surface area (Å²) in [7, 11) is 0. The number of amides is 2. The SMILES string of the molecule is CCCN(C(=O)N1CCC(C)CC1)C1COCC1C(=O)O. The average Bonchev–Trinajstić information content (AvgIpc) is 2.94. The van der Waals surface area contributed by atoms with Crippen LogP contribution in [0.4, 0.5) is 4.79 Å². The lowest BCUT2D eigenvalue weighted by Crippen LogP contribution is -2.53. The molecule has 1 N–H and O–H groups in total. The fraction of sp³-hybridized carbons (Fsp3) is 0.867. The quantitative estimate of drug-likeness (QED) is 0.857. The van der Waals surface area contributed by atoms with Crippen LogP contribution in [0.2, 0.25) is 0 Å². The molecule has 2 unspecified atom stereocenters. The molecule has 2 heterocycles. The minimum Gasteiger partial charge on any atom is -0.481 e. The van der Waals surface area contributed by atoms with E-state index in [4.69, 9.17) is 4.74 Å². The molecule has 2 amide bonds. The van der Waals surface area contributed by atoms with E-state index in [1.807, 2.05) is 11.8 Å². The van der Waals surface area contributed by atoms with E-state index < -0.39 is 11.9 Å². The van der Waals surface area contributed by atoms with Gasteiger partial charge in [0.2, 0.25) is 0 Å². The van der Waals surface area contributed by atoms with Crippen molar-refractivity contribution in [2.75, 3.05) is 32.8 Å². The summed E-state index contributed by atoms with van der Waals surface area (Å²) in [6.07, 6.45) is 2.86. The Morgan fingerprint density at radius 2 is 1.95 bits per heavy atom. The zero-order valence-electron chi connectivity index (χ0n) is 13.0. The molecule has 2 fully saturated rings. The molecule has 6 nitrogen and oxygen atoms in total. The highest BCUT2D eigenvalue weighted by molar-refractivity contribution is 5.77. The predicted molar refractivity (Wildman–Crippen MR) is 78.1 cm³/mol. The van der Waals surface area contributed by atoms with Gasteiger partial charge in [0, 0.05) is 19.6 Å². The lowest BCUT2D eigenvalue weighted by atomic mass is 9.99. The Balaban J connectivity index is 2.07. The first-order valence-corrected chi connectivity index (χ1v) is 7.90. The highest BCUT2D eigenvalue weighted by Crippen LogP contribution is 2.24. The summed E-state index contributed by atoms with van der Waals surface area (Å²) in [5.74, 6) is -0.821. The van der Waals surface area contributed by atoms with Crippen LogP contribution in [0.1, 0.15) is 33.1 Å². The van der Waals surface area contributed by atoms with Gasteiger partial charge in [-0.05, 0) is 25.2 Å². The monoisotopic (exact) mass is 298 g/mol. The molecule has 6 heteroatoms. The van der Waals surface area contributed by atoms with Crippen molar-refractivity contribution < 1.29 is 19.4 Å². The molecule has 120 valence electrons. The van der Waals surface area contributed by atoms with E-state index in [0.29, 0.717) is 19.1 Å². The van der Waals surface area contributed by atoms with E-state index in [-0.39, 0.29) is 18.7 Å². The van der Waals surface area contributed by atoms with Crippen LogP contribution < -0.4 is 0 Å². The lowest BCUT2D eigenvalue weighted by Gasteiger charge is -2.38. The van der Waals surface area contributed by atoms with E-state index in [0.717, 1.165) is 32.4 Å². The Hall–Kier alpha value is -1.30. The molecule has 0 aromatic heterocycles. The Kier molecular flexibility index (Phi) is 5.45. The number of rotatable bonds is 4. The van der Waals surface area contributed by atoms with Crippen molar-refractivity contribution in [1.82, 2.24) is 9.80 Å². The van der Waals surface area contributed by atoms with Gasteiger partial charge in [0.15, 0.2) is 0 Å². The van der Waals surface area contributed by atoms with Crippen LogP contribution in [-0.4, -0.2) is 65.8 Å². The van der Waals surface area contributed by atoms with Crippen molar-refractivity contribution in [3.63, 3.8) is 0 Å². The third-order valence-electron chi connectivity index (χ3n) is 4.53. The van der Waals surface area contributed by atoms with Crippen LogP contribution in [0, 0.1) is 11.8 Å². The minimum atomic E-state index is -0.876. The van der Waals surface area contributed by atoms with Gasteiger partial charge in [-0.3, -0.25) is 4.79 Å². The number of hydrogen-bond acceptors (Lipinski definition) is 3. The normalized spacial score (nSPS) is 26.9. The molecule has 0 bridgehead atoms. The first-order chi connectivity index (χ1) is 10.0. The Morgan fingerprint density at radius 3 is 2.52 bits per heavy atom. The number of aliphatic carboxylic acids is 1. The van der Waals surface area contributed by atoms with Crippen molar-refractivity contribution in [3.8, 4) is 0 Å². The van der Waals surface area contributed by atoms with Crippen molar-refractivity contribution >= 4 is 12.0 Å². The third-order valence-corrected chi connectivity index (χ3v) is 4.53. The zero-order chi connectivity index (χ0) is 15.4. The second kappa shape index (κ2) is 7.11. The molecular formula is C15H26N2O4. The molecule has 2 rings (SSSR count). The first-order valence-electron chi connectivity index (χ1n) is 7.90. The maximum atomic E-state index is 12.8. The average molecular weight is 298 g/mol. The number of urea groups is 1. The van der Waals surface area contributed by atoms with Crippen LogP contribution in [0.15, 0.2) is 0 Å². The van der Waals surface area contributed by atoms with Gasteiger partial charge in [0.25, 0.3) is 0 Å². The molecule has 2 saturated heterocycles. The maximum Gasteiger partial charge on any atom is 0.320 e. The molecule has 0 saturated carbocycles. The number of carbonyl (C=O) groups is 2. The third kappa shape index (κ3) is 3.67. The number of carboxylic acid groups (broad SMARTS) is 1. The van der Waals surface area contributed by atoms with Crippen molar-refractivity contribution in [2.24, 2.45) is 11.8 Å². The standard InChI is InChI=1S/C15H26N2O4/c1-3-6-17(13-10-21-9-12(13)14(18)19)15(20)16-7-4-11(2)5-8-16/h11-13H,3-10H2,1-2H3,(H,18,19). The largest absolute Gasteiger partial charge is 0.481 e. The summed E-state index contributed by atoms with van der Waals surface area (Å²) in [5, 5.41) is 9.30. The van der Waals surface area contributed by atoms with Crippen molar-refractivity contribution in [2.45, 2.75) is 39.2 Å². The number of hydrogen-bond donors (Lipinski definition) is 1. The van der Waals surface area contributed by atoms with Gasteiger partial charge in [0.1, 0.15) is 5.92 Å². The van der Waals surface area contributed by atoms with Crippen LogP contribution in [0.25, 0.3) is 0 Å². The van der Waals surface area contributed by atoms with Gasteiger partial charge >= 0.3 is 12.0 Å². The Bertz CT molecular complexity index is 380. The molecule has 2 aliphatic rings. The molecule has 0 radical (unpaired) electrons. The minimum absolute atomic E-state index is 0.0227. The van der Waals surface area contributed by atoms with Gasteiger partial charge < -0.3 is 19.6 Å². The summed E-state index contributed by atoms with van der Waals surface area (Å²) < 4.78 is 5.32. The van der Waals surface area contributed by atoms with E-state index in [1.54, 1.807) is 4.90 Å². The number of nitrogens with zero attached hydrogens (tertiary/aromatic N) is 2. The molecule has 21 heavy (non-hydrogen) atoms. The summed E-state index contributed by atoms with van der Waals surface area (Å²) in [6, 6.07) is -0.361. The van der Waals surface area contributed by atoms with E-state index in [2.05, 4.69) is 6.92 Å². The molecule has 0 aromatic rings. The molecule has 2 aliphatic heterocycles. The van der Waals surface area contributed by atoms with E-state index in [9.17, 15) is 14.7 Å². The number of likely N-dealkylation sites (tertiary alicyclic amines) is 1. The Morgan fingerprint density at radius 1 is 1.29 bits per heavy atom. The molecular weight excluding hydrogens is 272 g/mol. The molecule has 2 atom stereocenters. The summed E-state index contributed by atoms with van der Waals surface area (Å²) in [5.41, 5.74) is 0. The molecule has 0 aromatic carbocycles. The second-order valence-corrected chi connectivity index (χ2v) is 6.20. The zero-order valence-corrected chi connectivity index (χ0v) is 13.0. The van der Waals surface area contributed by atoms with E-state index in [1.165, 1.54) is 0 Å². The molecule has 0 spiro atoms. The van der Waals surface area contributed by atoms with Gasteiger partial charge in [-0.25, -0.2) is 4.79 Å². The van der Waals surface area contributed by atoms with E-state index >= 15 is 0 Å². The van der Waals surface area contributed by atoms with Crippen molar-refractivity contribution in [1.29, 1.82) is 0 Å². The van der Waals surface area contributed by atoms with Crippen LogP contribution >= 0.6 is 0 Å². The van der Waals surface area contributed by atoms with Gasteiger partial charge in [-0.15, -0.1) is 0 Å². The topological polar surface area (TPSA) is 70.1 Å². The fourth-order valence-corrected chi connectivity index (χ4v) is 3.11. The Labute approximate surface area is 126 Å². The van der Waals surface area contributed by atoms with Crippen LogP contribution in [0.5, 0.6) is 0 Å². The second-order valence-electron chi connectivity index (χ2n) is 6.20. The van der Waals surface area contributed by atoms with Crippen LogP contribution in [0.3, 0.4) is 0 Å². The number of carbonyl (C=O) groups excluding carboxylic acids is 1. The smallest absolute Gasteiger partial charge is 0.320 e. The fourth-order valence-electron chi connectivity index (χ4n) is 3.11. The first kappa shape index (κ1) is 16.1. The number of ether oxygens (including phenoxy) is 1. The van der Waals surface area contributed by atoms with Gasteiger partial charge in [-0.2, -0.15) is 0 Å². The maximum absolute atomic E-state index is 12.8. The highest BCUT2D eigenvalue weighted by atomic mass is 16.5. The highest BCUT2D eigenvalue weighted by Gasteiger charge is 2.41. The number of piperidine rings is 1. The van der Waals surface area contributed by atoms with Gasteiger partial charge in [0.05, 0.1) is 19.3 Å². The van der Waals surface area contributed by atoms with Gasteiger partial charge in [-0.1, -0.05) is 13.8 Å². The lowest BCUT2D eigenvalue weighted by molar-refractivity contribution is -0.142. The number of carboxylic acids is 1. The summed E-state index contributed by atoms with van der Waals surface area (Å²) in [6.45, 7) is 6.86.